The second kappa shape index (κ2) is 10.1. The molecule has 31 heavy (non-hydrogen) atoms. The summed E-state index contributed by atoms with van der Waals surface area (Å²) in [5.74, 6) is -0.878. The summed E-state index contributed by atoms with van der Waals surface area (Å²) in [6.07, 6.45) is 7.17. The number of rotatable bonds is 9. The monoisotopic (exact) mass is 428 g/mol. The van der Waals surface area contributed by atoms with Crippen molar-refractivity contribution in [2.24, 2.45) is 5.92 Å². The van der Waals surface area contributed by atoms with Crippen LogP contribution in [0.5, 0.6) is 0 Å². The van der Waals surface area contributed by atoms with Crippen molar-refractivity contribution in [2.75, 3.05) is 13.2 Å². The van der Waals surface area contributed by atoms with Crippen LogP contribution in [0, 0.1) is 5.92 Å². The molecule has 1 saturated heterocycles. The number of hydrogen-bond acceptors (Lipinski definition) is 5. The molecule has 0 atom stereocenters. The minimum Gasteiger partial charge on any atom is -0.456 e. The largest absolute Gasteiger partial charge is 0.456 e. The van der Waals surface area contributed by atoms with Gasteiger partial charge in [-0.05, 0) is 50.0 Å². The Morgan fingerprint density at radius 3 is 2.42 bits per heavy atom. The molecule has 168 valence electrons. The second-order valence-electron chi connectivity index (χ2n) is 8.64. The van der Waals surface area contributed by atoms with Crippen LogP contribution in [-0.2, 0) is 20.7 Å². The van der Waals surface area contributed by atoms with E-state index in [0.29, 0.717) is 24.3 Å². The van der Waals surface area contributed by atoms with Crippen LogP contribution >= 0.6 is 0 Å². The van der Waals surface area contributed by atoms with Gasteiger partial charge >= 0.3 is 12.0 Å². The first-order chi connectivity index (χ1) is 14.9. The van der Waals surface area contributed by atoms with E-state index in [1.165, 1.54) is 0 Å². The van der Waals surface area contributed by atoms with E-state index in [1.807, 2.05) is 12.1 Å². The van der Waals surface area contributed by atoms with E-state index in [4.69, 9.17) is 4.74 Å². The van der Waals surface area contributed by atoms with Crippen LogP contribution in [0.4, 0.5) is 4.79 Å². The van der Waals surface area contributed by atoms with Gasteiger partial charge in [-0.1, -0.05) is 51.0 Å². The Balaban J connectivity index is 1.49. The summed E-state index contributed by atoms with van der Waals surface area (Å²) in [4.78, 5) is 50.6. The predicted molar refractivity (Wildman–Crippen MR) is 116 cm³/mol. The zero-order valence-electron chi connectivity index (χ0n) is 18.4. The molecule has 1 aromatic rings. The van der Waals surface area contributed by atoms with Crippen LogP contribution in [0.2, 0.25) is 0 Å². The van der Waals surface area contributed by atoms with Crippen LogP contribution in [-0.4, -0.2) is 47.3 Å². The second-order valence-corrected chi connectivity index (χ2v) is 8.64. The van der Waals surface area contributed by atoms with Crippen LogP contribution in [0.25, 0.3) is 0 Å². The predicted octanol–water partition coefficient (Wildman–Crippen LogP) is 3.65. The molecule has 1 saturated carbocycles. The first-order valence-electron chi connectivity index (χ1n) is 11.3. The Bertz CT molecular complexity index is 825. The fourth-order valence-corrected chi connectivity index (χ4v) is 4.38. The zero-order chi connectivity index (χ0) is 22.4. The molecule has 0 radical (unpaired) electrons. The smallest absolute Gasteiger partial charge is 0.326 e. The molecule has 2 fully saturated rings. The maximum Gasteiger partial charge on any atom is 0.326 e. The van der Waals surface area contributed by atoms with Gasteiger partial charge in [0.25, 0.3) is 5.91 Å². The van der Waals surface area contributed by atoms with E-state index in [1.54, 1.807) is 12.1 Å². The van der Waals surface area contributed by atoms with Gasteiger partial charge in [0.05, 0.1) is 0 Å². The molecule has 7 nitrogen and oxygen atoms in total. The molecule has 3 amide bonds. The number of carbonyl (C=O) groups excluding carboxylic acids is 4. The molecule has 1 aromatic carbocycles. The summed E-state index contributed by atoms with van der Waals surface area (Å²) >= 11 is 0. The number of benzene rings is 1. The first kappa shape index (κ1) is 23.0. The molecule has 2 aliphatic rings. The summed E-state index contributed by atoms with van der Waals surface area (Å²) in [6.45, 7) is 3.36. The van der Waals surface area contributed by atoms with Crippen molar-refractivity contribution in [2.45, 2.75) is 70.8 Å². The highest BCUT2D eigenvalue weighted by molar-refractivity contribution is 6.09. The molecule has 1 spiro atoms. The molecule has 0 unspecified atom stereocenters. The SMILES string of the molecule is CCCCc1ccc(C(=O)COC(=O)CN2C(=O)NC3(CCC(CC)CC3)C2=O)cc1. The number of nitrogens with one attached hydrogen (secondary N) is 1. The van der Waals surface area contributed by atoms with Gasteiger partial charge in [-0.15, -0.1) is 0 Å². The number of ether oxygens (including phenoxy) is 1. The Morgan fingerprint density at radius 2 is 1.81 bits per heavy atom. The van der Waals surface area contributed by atoms with Crippen LogP contribution in [0.3, 0.4) is 0 Å². The van der Waals surface area contributed by atoms with E-state index >= 15 is 0 Å². The molecule has 7 heteroatoms. The summed E-state index contributed by atoms with van der Waals surface area (Å²) in [7, 11) is 0. The highest BCUT2D eigenvalue weighted by Gasteiger charge is 2.52. The summed E-state index contributed by atoms with van der Waals surface area (Å²) in [5, 5.41) is 2.79. The molecule has 3 rings (SSSR count). The lowest BCUT2D eigenvalue weighted by Crippen LogP contribution is -2.49. The topological polar surface area (TPSA) is 92.8 Å². The Labute approximate surface area is 183 Å². The molecular formula is C24H32N2O5. The number of aryl methyl sites for hydroxylation is 1. The van der Waals surface area contributed by atoms with Gasteiger partial charge in [0, 0.05) is 5.56 Å². The Hall–Kier alpha value is -2.70. The number of Topliss-reactive ketones (excluding diaryl/α,β-unsaturated/α-hetero) is 1. The van der Waals surface area contributed by atoms with E-state index in [0.717, 1.165) is 49.0 Å². The van der Waals surface area contributed by atoms with Gasteiger partial charge in [0.15, 0.2) is 12.4 Å². The maximum atomic E-state index is 12.9. The van der Waals surface area contributed by atoms with Crippen molar-refractivity contribution in [3.63, 3.8) is 0 Å². The quantitative estimate of drug-likeness (QED) is 0.368. The molecule has 1 N–H and O–H groups in total. The standard InChI is InChI=1S/C24H32N2O5/c1-3-5-6-18-7-9-19(10-8-18)20(27)16-31-21(28)15-26-22(29)24(25-23(26)30)13-11-17(4-2)12-14-24/h7-10,17H,3-6,11-16H2,1-2H3,(H,25,30). The van der Waals surface area contributed by atoms with E-state index in [-0.39, 0.29) is 11.7 Å². The van der Waals surface area contributed by atoms with Gasteiger partial charge in [0.1, 0.15) is 12.1 Å². The van der Waals surface area contributed by atoms with E-state index in [9.17, 15) is 19.2 Å². The van der Waals surface area contributed by atoms with Crippen molar-refractivity contribution < 1.29 is 23.9 Å². The first-order valence-corrected chi connectivity index (χ1v) is 11.3. The number of amides is 3. The van der Waals surface area contributed by atoms with Crippen molar-refractivity contribution >= 4 is 23.7 Å². The van der Waals surface area contributed by atoms with Gasteiger partial charge in [-0.25, -0.2) is 4.79 Å². The molecule has 0 bridgehead atoms. The number of ketones is 1. The van der Waals surface area contributed by atoms with Crippen molar-refractivity contribution in [1.82, 2.24) is 10.2 Å². The van der Waals surface area contributed by atoms with Crippen LogP contribution in [0.15, 0.2) is 24.3 Å². The number of hydrogen-bond donors (Lipinski definition) is 1. The van der Waals surface area contributed by atoms with E-state index in [2.05, 4.69) is 19.2 Å². The third-order valence-corrected chi connectivity index (χ3v) is 6.53. The van der Waals surface area contributed by atoms with Crippen molar-refractivity contribution in [3.8, 4) is 0 Å². The van der Waals surface area contributed by atoms with Gasteiger partial charge in [-0.3, -0.25) is 19.3 Å². The molecule has 1 aliphatic heterocycles. The van der Waals surface area contributed by atoms with Gasteiger partial charge in [0.2, 0.25) is 0 Å². The van der Waals surface area contributed by atoms with Gasteiger partial charge in [-0.2, -0.15) is 0 Å². The number of carbonyl (C=O) groups is 4. The molecule has 1 heterocycles. The fourth-order valence-electron chi connectivity index (χ4n) is 4.38. The van der Waals surface area contributed by atoms with E-state index < -0.39 is 30.7 Å². The van der Waals surface area contributed by atoms with Crippen LogP contribution < -0.4 is 5.32 Å². The highest BCUT2D eigenvalue weighted by atomic mass is 16.5. The lowest BCUT2D eigenvalue weighted by molar-refractivity contribution is -0.147. The normalized spacial score (nSPS) is 23.2. The lowest BCUT2D eigenvalue weighted by atomic mass is 9.75. The Kier molecular flexibility index (Phi) is 7.46. The molecule has 1 aliphatic carbocycles. The third-order valence-electron chi connectivity index (χ3n) is 6.53. The van der Waals surface area contributed by atoms with Crippen molar-refractivity contribution in [1.29, 1.82) is 0 Å². The minimum absolute atomic E-state index is 0.318. The maximum absolute atomic E-state index is 12.9. The molecule has 0 aromatic heterocycles. The number of unbranched alkanes of at least 4 members (excludes halogenated alkanes) is 1. The lowest BCUT2D eigenvalue weighted by Gasteiger charge is -2.34. The third kappa shape index (κ3) is 5.32. The minimum atomic E-state index is -0.891. The number of esters is 1. The number of imide groups is 1. The number of urea groups is 1. The van der Waals surface area contributed by atoms with Crippen molar-refractivity contribution in [3.05, 3.63) is 35.4 Å². The zero-order valence-corrected chi connectivity index (χ0v) is 18.4. The van der Waals surface area contributed by atoms with Crippen LogP contribution in [0.1, 0.15) is 74.7 Å². The fraction of sp³-hybridized carbons (Fsp3) is 0.583. The summed E-state index contributed by atoms with van der Waals surface area (Å²) in [5.41, 5.74) is 0.740. The van der Waals surface area contributed by atoms with Gasteiger partial charge < -0.3 is 10.1 Å². The summed E-state index contributed by atoms with van der Waals surface area (Å²) < 4.78 is 5.06. The number of nitrogens with zero attached hydrogens (tertiary/aromatic N) is 1. The highest BCUT2D eigenvalue weighted by Crippen LogP contribution is 2.37. The average Bonchev–Trinajstić information content (AvgIpc) is 3.01. The molecular weight excluding hydrogens is 396 g/mol. The average molecular weight is 429 g/mol. The summed E-state index contributed by atoms with van der Waals surface area (Å²) in [6, 6.07) is 6.71. The Morgan fingerprint density at radius 1 is 1.13 bits per heavy atom.